The van der Waals surface area contributed by atoms with Crippen molar-refractivity contribution in [3.63, 3.8) is 0 Å². The van der Waals surface area contributed by atoms with E-state index in [2.05, 4.69) is 15.7 Å². The normalized spacial score (nSPS) is 20.3. The van der Waals surface area contributed by atoms with Gasteiger partial charge in [-0.25, -0.2) is 4.98 Å². The van der Waals surface area contributed by atoms with Gasteiger partial charge in [0.2, 0.25) is 5.91 Å². The third kappa shape index (κ3) is 4.18. The van der Waals surface area contributed by atoms with Gasteiger partial charge in [0.25, 0.3) is 0 Å². The maximum Gasteiger partial charge on any atom is 0.227 e. The summed E-state index contributed by atoms with van der Waals surface area (Å²) < 4.78 is 7.53. The largest absolute Gasteiger partial charge is 0.497 e. The number of carbonyl (C=O) groups excluding carboxylic acids is 1. The number of imidazole rings is 1. The van der Waals surface area contributed by atoms with Crippen LogP contribution in [0.15, 0.2) is 36.7 Å². The molecule has 27 heavy (non-hydrogen) atoms. The number of methoxy groups -OCH3 is 1. The van der Waals surface area contributed by atoms with Gasteiger partial charge in [0.15, 0.2) is 0 Å². The molecule has 2 fully saturated rings. The second kappa shape index (κ2) is 8.15. The molecule has 2 aliphatic rings. The number of nitrogens with zero attached hydrogens (tertiary/aromatic N) is 3. The van der Waals surface area contributed by atoms with Crippen molar-refractivity contribution in [1.82, 2.24) is 14.5 Å². The van der Waals surface area contributed by atoms with Crippen LogP contribution in [0.25, 0.3) is 0 Å². The molecule has 1 saturated heterocycles. The van der Waals surface area contributed by atoms with E-state index in [1.165, 1.54) is 25.1 Å². The highest BCUT2D eigenvalue weighted by Gasteiger charge is 2.28. The molecule has 0 radical (unpaired) electrons. The molecule has 144 valence electrons. The predicted molar refractivity (Wildman–Crippen MR) is 105 cm³/mol. The van der Waals surface area contributed by atoms with E-state index >= 15 is 0 Å². The molecule has 1 aromatic heterocycles. The van der Waals surface area contributed by atoms with Crippen LogP contribution in [-0.2, 0) is 17.8 Å². The summed E-state index contributed by atoms with van der Waals surface area (Å²) in [4.78, 5) is 19.5. The smallest absolute Gasteiger partial charge is 0.227 e. The van der Waals surface area contributed by atoms with Crippen molar-refractivity contribution in [3.8, 4) is 5.75 Å². The molecule has 2 aromatic rings. The fourth-order valence-corrected chi connectivity index (χ4v) is 4.23. The average molecular weight is 367 g/mol. The molecule has 1 atom stereocenters. The molecule has 5 nitrogen and oxygen atoms in total. The highest BCUT2D eigenvalue weighted by atomic mass is 16.5. The SMILES string of the molecule is COc1ccc(CC(=O)N2CCCC(c3nccn3CC3CCC3)C2)cc1. The molecule has 1 amide bonds. The Kier molecular flexibility index (Phi) is 5.46. The molecule has 1 aliphatic carbocycles. The van der Waals surface area contributed by atoms with E-state index in [1.54, 1.807) is 7.11 Å². The monoisotopic (exact) mass is 367 g/mol. The number of ether oxygens (including phenoxy) is 1. The van der Waals surface area contributed by atoms with Crippen molar-refractivity contribution in [1.29, 1.82) is 0 Å². The van der Waals surface area contributed by atoms with E-state index in [-0.39, 0.29) is 5.91 Å². The Bertz CT molecular complexity index is 764. The van der Waals surface area contributed by atoms with E-state index in [0.717, 1.165) is 49.7 Å². The summed E-state index contributed by atoms with van der Waals surface area (Å²) in [5.41, 5.74) is 1.04. The number of hydrogen-bond acceptors (Lipinski definition) is 3. The number of benzene rings is 1. The van der Waals surface area contributed by atoms with Crippen LogP contribution in [0, 0.1) is 5.92 Å². The van der Waals surface area contributed by atoms with Gasteiger partial charge in [-0.05, 0) is 49.3 Å². The minimum Gasteiger partial charge on any atom is -0.497 e. The molecule has 1 unspecified atom stereocenters. The van der Waals surface area contributed by atoms with Crippen molar-refractivity contribution >= 4 is 5.91 Å². The minimum atomic E-state index is 0.210. The number of piperidine rings is 1. The zero-order valence-electron chi connectivity index (χ0n) is 16.1. The minimum absolute atomic E-state index is 0.210. The Morgan fingerprint density at radius 1 is 1.19 bits per heavy atom. The summed E-state index contributed by atoms with van der Waals surface area (Å²) in [7, 11) is 1.66. The Labute approximate surface area is 161 Å². The summed E-state index contributed by atoms with van der Waals surface area (Å²) in [6.45, 7) is 2.73. The van der Waals surface area contributed by atoms with Crippen molar-refractivity contribution in [2.24, 2.45) is 5.92 Å². The second-order valence-electron chi connectivity index (χ2n) is 7.94. The summed E-state index contributed by atoms with van der Waals surface area (Å²) in [6.07, 6.45) is 10.7. The molecule has 1 saturated carbocycles. The number of carbonyl (C=O) groups is 1. The van der Waals surface area contributed by atoms with E-state index in [0.29, 0.717) is 12.3 Å². The standard InChI is InChI=1S/C22H29N3O2/c1-27-20-9-7-17(8-10-20)14-21(26)24-12-3-6-19(16-24)22-23-11-13-25(22)15-18-4-2-5-18/h7-11,13,18-19H,2-6,12,14-16H2,1H3. The summed E-state index contributed by atoms with van der Waals surface area (Å²) in [5.74, 6) is 3.37. The lowest BCUT2D eigenvalue weighted by atomic mass is 9.85. The first-order valence-corrected chi connectivity index (χ1v) is 10.1. The van der Waals surface area contributed by atoms with Gasteiger partial charge in [-0.15, -0.1) is 0 Å². The first-order chi connectivity index (χ1) is 13.2. The van der Waals surface area contributed by atoms with Crippen LogP contribution in [0.2, 0.25) is 0 Å². The van der Waals surface area contributed by atoms with Crippen LogP contribution >= 0.6 is 0 Å². The molecule has 2 heterocycles. The molecular weight excluding hydrogens is 338 g/mol. The highest BCUT2D eigenvalue weighted by molar-refractivity contribution is 5.79. The third-order valence-corrected chi connectivity index (χ3v) is 6.08. The van der Waals surface area contributed by atoms with E-state index in [1.807, 2.05) is 35.4 Å². The first kappa shape index (κ1) is 18.1. The van der Waals surface area contributed by atoms with Gasteiger partial charge in [-0.2, -0.15) is 0 Å². The maximum atomic E-state index is 12.8. The third-order valence-electron chi connectivity index (χ3n) is 6.08. The van der Waals surface area contributed by atoms with Crippen LogP contribution in [-0.4, -0.2) is 40.6 Å². The molecule has 0 bridgehead atoms. The zero-order valence-corrected chi connectivity index (χ0v) is 16.1. The van der Waals surface area contributed by atoms with Crippen molar-refractivity contribution in [2.75, 3.05) is 20.2 Å². The van der Waals surface area contributed by atoms with Crippen LogP contribution < -0.4 is 4.74 Å². The van der Waals surface area contributed by atoms with E-state index < -0.39 is 0 Å². The lowest BCUT2D eigenvalue weighted by molar-refractivity contribution is -0.131. The summed E-state index contributed by atoms with van der Waals surface area (Å²) in [5, 5.41) is 0. The second-order valence-corrected chi connectivity index (χ2v) is 7.94. The Morgan fingerprint density at radius 2 is 2.00 bits per heavy atom. The highest BCUT2D eigenvalue weighted by Crippen LogP contribution is 2.31. The van der Waals surface area contributed by atoms with Gasteiger partial charge in [0.05, 0.1) is 13.5 Å². The number of likely N-dealkylation sites (tertiary alicyclic amines) is 1. The quantitative estimate of drug-likeness (QED) is 0.783. The average Bonchev–Trinajstić information content (AvgIpc) is 3.14. The Hall–Kier alpha value is -2.30. The lowest BCUT2D eigenvalue weighted by Gasteiger charge is -2.34. The molecule has 1 aromatic carbocycles. The van der Waals surface area contributed by atoms with Crippen LogP contribution in [0.5, 0.6) is 5.75 Å². The molecule has 4 rings (SSSR count). The van der Waals surface area contributed by atoms with Gasteiger partial charge in [0, 0.05) is 37.9 Å². The van der Waals surface area contributed by atoms with Crippen molar-refractivity contribution in [3.05, 3.63) is 48.0 Å². The van der Waals surface area contributed by atoms with Gasteiger partial charge < -0.3 is 14.2 Å². The number of rotatable bonds is 6. The van der Waals surface area contributed by atoms with Crippen LogP contribution in [0.1, 0.15) is 49.4 Å². The van der Waals surface area contributed by atoms with E-state index in [9.17, 15) is 4.79 Å². The topological polar surface area (TPSA) is 47.4 Å². The predicted octanol–water partition coefficient (Wildman–Crippen LogP) is 3.64. The maximum absolute atomic E-state index is 12.8. The van der Waals surface area contributed by atoms with Crippen molar-refractivity contribution in [2.45, 2.75) is 51.0 Å². The Balaban J connectivity index is 1.38. The number of aromatic nitrogens is 2. The molecular formula is C22H29N3O2. The number of amides is 1. The fourth-order valence-electron chi connectivity index (χ4n) is 4.23. The van der Waals surface area contributed by atoms with Gasteiger partial charge >= 0.3 is 0 Å². The van der Waals surface area contributed by atoms with Gasteiger partial charge in [-0.3, -0.25) is 4.79 Å². The van der Waals surface area contributed by atoms with Gasteiger partial charge in [-0.1, -0.05) is 18.6 Å². The molecule has 5 heteroatoms. The summed E-state index contributed by atoms with van der Waals surface area (Å²) in [6, 6.07) is 7.78. The zero-order chi connectivity index (χ0) is 18.6. The Morgan fingerprint density at radius 3 is 2.70 bits per heavy atom. The fraction of sp³-hybridized carbons (Fsp3) is 0.545. The van der Waals surface area contributed by atoms with Crippen molar-refractivity contribution < 1.29 is 9.53 Å². The molecule has 0 spiro atoms. The van der Waals surface area contributed by atoms with E-state index in [4.69, 9.17) is 4.74 Å². The van der Waals surface area contributed by atoms with Gasteiger partial charge in [0.1, 0.15) is 11.6 Å². The molecule has 1 aliphatic heterocycles. The number of hydrogen-bond donors (Lipinski definition) is 0. The van der Waals surface area contributed by atoms with Crippen LogP contribution in [0.4, 0.5) is 0 Å². The molecule has 0 N–H and O–H groups in total. The van der Waals surface area contributed by atoms with Crippen LogP contribution in [0.3, 0.4) is 0 Å². The lowest BCUT2D eigenvalue weighted by Crippen LogP contribution is -2.40. The first-order valence-electron chi connectivity index (χ1n) is 10.1. The summed E-state index contributed by atoms with van der Waals surface area (Å²) >= 11 is 0.